The Morgan fingerprint density at radius 3 is 2.05 bits per heavy atom. The zero-order chi connectivity index (χ0) is 60.1. The van der Waals surface area contributed by atoms with Gasteiger partial charge >= 0.3 is 0 Å². The number of carbonyl (C=O) groups excluding carboxylic acids is 6. The first-order chi connectivity index (χ1) is 40.9. The van der Waals surface area contributed by atoms with Gasteiger partial charge in [-0.3, -0.25) is 28.8 Å². The summed E-state index contributed by atoms with van der Waals surface area (Å²) in [6, 6.07) is 16.4. The number of hydrogen-bond donors (Lipinski definition) is 9. The summed E-state index contributed by atoms with van der Waals surface area (Å²) in [5.74, 6) is -5.66. The summed E-state index contributed by atoms with van der Waals surface area (Å²) in [4.78, 5) is 117. The van der Waals surface area contributed by atoms with E-state index in [-0.39, 0.29) is 71.7 Å². The van der Waals surface area contributed by atoms with E-state index in [0.717, 1.165) is 45.1 Å². The molecule has 9 aromatic rings. The first kappa shape index (κ1) is 60.4. The van der Waals surface area contributed by atoms with E-state index in [4.69, 9.17) is 36.4 Å². The Balaban J connectivity index is 1.09. The molecular weight excluding hydrogens is 1200 g/mol. The van der Waals surface area contributed by atoms with Crippen molar-refractivity contribution in [2.24, 2.45) is 17.4 Å². The van der Waals surface area contributed by atoms with E-state index >= 15 is 0 Å². The van der Waals surface area contributed by atoms with Crippen LogP contribution in [0.1, 0.15) is 122 Å². The Bertz CT molecular complexity index is 3910. The standard InChI is InChI=1S/C57H55N13O9S6/c1-26-9-11-29(12-10-26)17-34-49(77)69-44(27(2)42(73)20-60-15-16-71)57-68-40(25-84-57)55-64-36(21-82-55)46-31(13-14-33(61-46)54-65-37(22-83-54)48(59)76)52-66-39(23-80-52)51(79)63-35(19-43(58)74)56-70-45(28(3)85-56)41(72)18-32(47(75)30-7-5-4-6-8-30)53-67-38(24-81-53)50(78)62-34/h4-14,21-25,27,32,34-35,42,44,47,60,71,73,75H,15-20H2,1-3H3,(H2,58,74)(H2,59,76)(H,62,78)(H,63,79)(H,69,77)/t27-,32-,34-,35-,42-,44-,47+/m0/s1. The summed E-state index contributed by atoms with van der Waals surface area (Å²) in [7, 11) is 0. The van der Waals surface area contributed by atoms with Gasteiger partial charge in [0, 0.05) is 75.1 Å². The van der Waals surface area contributed by atoms with Crippen molar-refractivity contribution in [3.63, 3.8) is 0 Å². The van der Waals surface area contributed by atoms with Crippen molar-refractivity contribution in [1.82, 2.24) is 56.2 Å². The molecule has 0 saturated carbocycles. The molecule has 85 heavy (non-hydrogen) atoms. The lowest BCUT2D eigenvalue weighted by Crippen LogP contribution is -2.51. The predicted octanol–water partition coefficient (Wildman–Crippen LogP) is 6.73. The highest BCUT2D eigenvalue weighted by atomic mass is 32.1. The average molecular weight is 1260 g/mol. The number of aliphatic hydroxyl groups is 3. The normalized spacial score (nSPS) is 18.0. The van der Waals surface area contributed by atoms with E-state index in [1.165, 1.54) is 44.8 Å². The van der Waals surface area contributed by atoms with Crippen molar-refractivity contribution < 1.29 is 44.1 Å². The Morgan fingerprint density at radius 1 is 0.671 bits per heavy atom. The van der Waals surface area contributed by atoms with Gasteiger partial charge in [-0.15, -0.1) is 68.0 Å². The first-order valence-corrected chi connectivity index (χ1v) is 31.7. The highest BCUT2D eigenvalue weighted by Gasteiger charge is 2.36. The van der Waals surface area contributed by atoms with Crippen LogP contribution in [0.25, 0.3) is 43.4 Å². The van der Waals surface area contributed by atoms with Gasteiger partial charge < -0.3 is 48.1 Å². The van der Waals surface area contributed by atoms with E-state index in [2.05, 4.69) is 31.2 Å². The second-order valence-electron chi connectivity index (χ2n) is 20.0. The number of aliphatic hydroxyl groups excluding tert-OH is 3. The summed E-state index contributed by atoms with van der Waals surface area (Å²) in [5, 5.41) is 55.3. The molecule has 7 atom stereocenters. The quantitative estimate of drug-likeness (QED) is 0.0509. The number of aryl methyl sites for hydroxylation is 2. The predicted molar refractivity (Wildman–Crippen MR) is 325 cm³/mol. The van der Waals surface area contributed by atoms with Crippen molar-refractivity contribution in [3.05, 3.63) is 153 Å². The molecule has 0 spiro atoms. The number of nitrogens with two attached hydrogens (primary N) is 2. The smallest absolute Gasteiger partial charge is 0.271 e. The van der Waals surface area contributed by atoms with Crippen LogP contribution in [-0.4, -0.2) is 117 Å². The molecule has 10 rings (SSSR count). The van der Waals surface area contributed by atoms with Crippen molar-refractivity contribution in [1.29, 1.82) is 0 Å². The molecular formula is C57H55N13O9S6. The minimum absolute atomic E-state index is 0.0149. The molecule has 8 heterocycles. The first-order valence-electron chi connectivity index (χ1n) is 26.5. The van der Waals surface area contributed by atoms with E-state index in [1.54, 1.807) is 72.5 Å². The fourth-order valence-corrected chi connectivity index (χ4v) is 14.7. The molecule has 0 radical (unpaired) electrons. The van der Waals surface area contributed by atoms with Gasteiger partial charge in [0.15, 0.2) is 5.78 Å². The molecule has 28 heteroatoms. The molecule has 0 fully saturated rings. The number of nitrogens with zero attached hydrogens (tertiary/aromatic N) is 7. The maximum atomic E-state index is 15.0. The highest BCUT2D eigenvalue weighted by molar-refractivity contribution is 7.15. The van der Waals surface area contributed by atoms with Crippen LogP contribution in [0.15, 0.2) is 93.6 Å². The minimum atomic E-state index is -1.29. The molecule has 0 saturated heterocycles. The number of nitrogens with one attached hydrogen (secondary N) is 4. The molecule has 22 nitrogen and oxygen atoms in total. The Labute approximate surface area is 510 Å². The summed E-state index contributed by atoms with van der Waals surface area (Å²) < 4.78 is 0. The van der Waals surface area contributed by atoms with Gasteiger partial charge in [-0.1, -0.05) is 67.1 Å². The number of thiazole rings is 6. The SMILES string of the molecule is Cc1ccc(C[C@@H]2NC(=O)c3csc(n3)[C@H]([C@H](O)c3ccccc3)CC(=O)c3nc(sc3C)[C@H](CC(N)=O)NC(=O)c3csc(n3)-c3ccc(-c4nc(C(N)=O)cs4)nc3-c3csc(n3)-c3csc(n3)[C@H]([C@@H](C)[C@@H](O)CNCCO)NC2=O)cc1. The number of benzene rings is 2. The van der Waals surface area contributed by atoms with Crippen LogP contribution in [0.2, 0.25) is 0 Å². The molecule has 7 aromatic heterocycles. The number of rotatable bonds is 14. The number of aromatic nitrogens is 7. The van der Waals surface area contributed by atoms with Crippen LogP contribution < -0.4 is 32.7 Å². The van der Waals surface area contributed by atoms with Gasteiger partial charge in [-0.2, -0.15) is 0 Å². The van der Waals surface area contributed by atoms with Gasteiger partial charge in [0.25, 0.3) is 17.7 Å². The van der Waals surface area contributed by atoms with Crippen molar-refractivity contribution in [3.8, 4) is 43.4 Å². The lowest BCUT2D eigenvalue weighted by molar-refractivity contribution is -0.124. The maximum Gasteiger partial charge on any atom is 0.271 e. The van der Waals surface area contributed by atoms with E-state index in [0.29, 0.717) is 58.8 Å². The van der Waals surface area contributed by atoms with Crippen molar-refractivity contribution in [2.75, 3.05) is 19.7 Å². The van der Waals surface area contributed by atoms with E-state index < -0.39 is 77.5 Å². The average Bonchev–Trinajstić information content (AvgIpc) is 3.70. The van der Waals surface area contributed by atoms with Crippen molar-refractivity contribution >= 4 is 103 Å². The largest absolute Gasteiger partial charge is 0.395 e. The van der Waals surface area contributed by atoms with Gasteiger partial charge in [0.05, 0.1) is 48.0 Å². The molecule has 11 N–H and O–H groups in total. The molecule has 0 unspecified atom stereocenters. The van der Waals surface area contributed by atoms with E-state index in [9.17, 15) is 44.1 Å². The molecule has 1 aliphatic rings. The molecule has 10 bridgehead atoms. The Kier molecular flexibility index (Phi) is 18.9. The minimum Gasteiger partial charge on any atom is -0.395 e. The third kappa shape index (κ3) is 14.0. The zero-order valence-corrected chi connectivity index (χ0v) is 50.4. The summed E-state index contributed by atoms with van der Waals surface area (Å²) in [6.07, 6.45) is -3.03. The third-order valence-corrected chi connectivity index (χ3v) is 19.5. The number of amides is 5. The second kappa shape index (κ2) is 26.7. The van der Waals surface area contributed by atoms with Crippen molar-refractivity contribution in [2.45, 2.75) is 76.3 Å². The van der Waals surface area contributed by atoms with Crippen LogP contribution in [-0.2, 0) is 16.0 Å². The fourth-order valence-electron chi connectivity index (χ4n) is 9.32. The molecule has 5 amide bonds. The van der Waals surface area contributed by atoms with Gasteiger partial charge in [0.2, 0.25) is 11.8 Å². The third-order valence-electron chi connectivity index (χ3n) is 13.9. The number of primary amides is 2. The number of fused-ring (bicyclic) bond motifs is 14. The molecule has 0 aliphatic carbocycles. The number of carbonyl (C=O) groups is 6. The number of pyridine rings is 1. The van der Waals surface area contributed by atoms with Crippen LogP contribution in [0.5, 0.6) is 0 Å². The topological polar surface area (TPSA) is 353 Å². The maximum absolute atomic E-state index is 15.0. The number of Topliss-reactive ketones (excluding diaryl/α,β-unsaturated/α-hetero) is 1. The lowest BCUT2D eigenvalue weighted by Gasteiger charge is -2.29. The Morgan fingerprint density at radius 2 is 1.32 bits per heavy atom. The van der Waals surface area contributed by atoms with Crippen LogP contribution in [0.3, 0.4) is 0 Å². The van der Waals surface area contributed by atoms with Crippen LogP contribution in [0, 0.1) is 19.8 Å². The molecule has 1 aliphatic heterocycles. The monoisotopic (exact) mass is 1260 g/mol. The Hall–Kier alpha value is -7.77. The number of ketones is 1. The second-order valence-corrected chi connectivity index (χ2v) is 25.6. The summed E-state index contributed by atoms with van der Waals surface area (Å²) in [6.45, 7) is 5.47. The summed E-state index contributed by atoms with van der Waals surface area (Å²) >= 11 is 6.94. The highest BCUT2D eigenvalue weighted by Crippen LogP contribution is 2.41. The van der Waals surface area contributed by atoms with E-state index in [1.807, 2.05) is 31.2 Å². The fraction of sp³-hybridized carbons (Fsp3) is 0.281. The lowest BCUT2D eigenvalue weighted by atomic mass is 9.90. The zero-order valence-electron chi connectivity index (χ0n) is 45.5. The summed E-state index contributed by atoms with van der Waals surface area (Å²) in [5.41, 5.74) is 15.5. The van der Waals surface area contributed by atoms with Gasteiger partial charge in [-0.25, -0.2) is 34.9 Å². The number of hydrogen-bond acceptors (Lipinski definition) is 23. The molecule has 2 aromatic carbocycles. The van der Waals surface area contributed by atoms with Crippen LogP contribution >= 0.6 is 68.0 Å². The van der Waals surface area contributed by atoms with Gasteiger partial charge in [0.1, 0.15) is 70.9 Å². The van der Waals surface area contributed by atoms with Gasteiger partial charge in [-0.05, 0) is 37.1 Å². The molecule has 438 valence electrons. The van der Waals surface area contributed by atoms with Crippen LogP contribution in [0.4, 0.5) is 0 Å².